The highest BCUT2D eigenvalue weighted by molar-refractivity contribution is 7.99. The Morgan fingerprint density at radius 3 is 2.67 bits per heavy atom. The van der Waals surface area contributed by atoms with Gasteiger partial charge in [0, 0.05) is 18.2 Å². The minimum atomic E-state index is 0.0723. The lowest BCUT2D eigenvalue weighted by molar-refractivity contribution is -0.138. The molecule has 142 valence electrons. The predicted octanol–water partition coefficient (Wildman–Crippen LogP) is 4.65. The molecule has 2 fully saturated rings. The van der Waals surface area contributed by atoms with Gasteiger partial charge in [0.25, 0.3) is 0 Å². The minimum absolute atomic E-state index is 0.0723. The molecule has 1 atom stereocenters. The zero-order valence-electron chi connectivity index (χ0n) is 15.6. The summed E-state index contributed by atoms with van der Waals surface area (Å²) in [4.78, 5) is 14.8. The lowest BCUT2D eigenvalue weighted by Crippen LogP contribution is -2.38. The Morgan fingerprint density at radius 2 is 1.96 bits per heavy atom. The Bertz CT molecular complexity index is 791. The zero-order chi connectivity index (χ0) is 18.6. The maximum absolute atomic E-state index is 12.8. The molecule has 0 bridgehead atoms. The first-order chi connectivity index (χ1) is 13.3. The third kappa shape index (κ3) is 3.93. The topological polar surface area (TPSA) is 38.8 Å². The number of amides is 1. The van der Waals surface area contributed by atoms with E-state index in [1.807, 2.05) is 54.2 Å². The Kier molecular flexibility index (Phi) is 5.58. The molecular formula is C22H25NO3S. The summed E-state index contributed by atoms with van der Waals surface area (Å²) in [7, 11) is 1.65. The Balaban J connectivity index is 1.53. The number of benzene rings is 2. The maximum Gasteiger partial charge on any atom is 0.226 e. The van der Waals surface area contributed by atoms with Crippen LogP contribution in [0.3, 0.4) is 0 Å². The fourth-order valence-electron chi connectivity index (χ4n) is 3.56. The van der Waals surface area contributed by atoms with Gasteiger partial charge in [0.1, 0.15) is 12.0 Å². The standard InChI is InChI=1S/C22H25NO3S/c1-25-19-11-10-18(14-20(19)26-15-16-6-3-2-4-7-16)22-23(12-13-27-22)21(24)17-8-5-9-17/h2-4,6-7,10-11,14,17,22H,5,8-9,12-13,15H2,1H3/t22-/m0/s1. The number of methoxy groups -OCH3 is 1. The van der Waals surface area contributed by atoms with Crippen molar-refractivity contribution in [2.45, 2.75) is 31.2 Å². The summed E-state index contributed by atoms with van der Waals surface area (Å²) in [6, 6.07) is 16.1. The van der Waals surface area contributed by atoms with E-state index in [4.69, 9.17) is 9.47 Å². The van der Waals surface area contributed by atoms with E-state index in [0.29, 0.717) is 12.5 Å². The van der Waals surface area contributed by atoms with Crippen LogP contribution < -0.4 is 9.47 Å². The summed E-state index contributed by atoms with van der Waals surface area (Å²) in [6.07, 6.45) is 3.27. The van der Waals surface area contributed by atoms with E-state index in [1.165, 1.54) is 6.42 Å². The van der Waals surface area contributed by atoms with Crippen molar-refractivity contribution in [3.05, 3.63) is 59.7 Å². The van der Waals surface area contributed by atoms with Gasteiger partial charge in [0.05, 0.1) is 7.11 Å². The molecule has 0 radical (unpaired) electrons. The van der Waals surface area contributed by atoms with Crippen LogP contribution in [0.2, 0.25) is 0 Å². The molecule has 5 heteroatoms. The summed E-state index contributed by atoms with van der Waals surface area (Å²) in [5.74, 6) is 2.98. The summed E-state index contributed by atoms with van der Waals surface area (Å²) >= 11 is 1.83. The molecule has 2 aromatic carbocycles. The van der Waals surface area contributed by atoms with E-state index in [2.05, 4.69) is 11.0 Å². The van der Waals surface area contributed by atoms with Gasteiger partial charge >= 0.3 is 0 Å². The van der Waals surface area contributed by atoms with Gasteiger partial charge in [-0.1, -0.05) is 42.8 Å². The van der Waals surface area contributed by atoms with E-state index >= 15 is 0 Å². The van der Waals surface area contributed by atoms with Crippen LogP contribution in [0.15, 0.2) is 48.5 Å². The van der Waals surface area contributed by atoms with Crippen LogP contribution in [0.4, 0.5) is 0 Å². The Hall–Kier alpha value is -2.14. The second kappa shape index (κ2) is 8.26. The number of carbonyl (C=O) groups is 1. The smallest absolute Gasteiger partial charge is 0.226 e. The van der Waals surface area contributed by atoms with Gasteiger partial charge in [-0.3, -0.25) is 4.79 Å². The molecule has 0 unspecified atom stereocenters. The average molecular weight is 384 g/mol. The van der Waals surface area contributed by atoms with Crippen LogP contribution in [0, 0.1) is 5.92 Å². The highest BCUT2D eigenvalue weighted by atomic mass is 32.2. The first-order valence-electron chi connectivity index (χ1n) is 9.53. The lowest BCUT2D eigenvalue weighted by Gasteiger charge is -2.32. The molecule has 1 heterocycles. The maximum atomic E-state index is 12.8. The van der Waals surface area contributed by atoms with Crippen LogP contribution in [-0.4, -0.2) is 30.2 Å². The number of nitrogens with zero attached hydrogens (tertiary/aromatic N) is 1. The van der Waals surface area contributed by atoms with Crippen LogP contribution in [0.25, 0.3) is 0 Å². The lowest BCUT2D eigenvalue weighted by atomic mass is 9.84. The van der Waals surface area contributed by atoms with Crippen molar-refractivity contribution in [2.75, 3.05) is 19.4 Å². The van der Waals surface area contributed by atoms with Gasteiger partial charge in [0.2, 0.25) is 5.91 Å². The highest BCUT2D eigenvalue weighted by Crippen LogP contribution is 2.43. The molecule has 1 amide bonds. The molecule has 0 N–H and O–H groups in total. The first kappa shape index (κ1) is 18.2. The normalized spacial score (nSPS) is 19.6. The molecule has 1 saturated carbocycles. The van der Waals surface area contributed by atoms with Crippen LogP contribution in [-0.2, 0) is 11.4 Å². The fraction of sp³-hybridized carbons (Fsp3) is 0.409. The summed E-state index contributed by atoms with van der Waals surface area (Å²) < 4.78 is 11.5. The molecule has 2 aromatic rings. The second-order valence-electron chi connectivity index (χ2n) is 7.07. The van der Waals surface area contributed by atoms with Crippen LogP contribution in [0.5, 0.6) is 11.5 Å². The molecular weight excluding hydrogens is 358 g/mol. The highest BCUT2D eigenvalue weighted by Gasteiger charge is 2.36. The molecule has 0 aromatic heterocycles. The summed E-state index contributed by atoms with van der Waals surface area (Å²) in [5.41, 5.74) is 2.22. The number of carbonyl (C=O) groups excluding carboxylic acids is 1. The monoisotopic (exact) mass is 383 g/mol. The molecule has 1 aliphatic heterocycles. The fourth-order valence-corrected chi connectivity index (χ4v) is 4.81. The number of thioether (sulfide) groups is 1. The third-order valence-electron chi connectivity index (χ3n) is 5.34. The third-order valence-corrected chi connectivity index (χ3v) is 6.60. The van der Waals surface area contributed by atoms with E-state index in [-0.39, 0.29) is 11.3 Å². The minimum Gasteiger partial charge on any atom is -0.493 e. The van der Waals surface area contributed by atoms with E-state index in [9.17, 15) is 4.79 Å². The molecule has 1 aliphatic carbocycles. The van der Waals surface area contributed by atoms with E-state index < -0.39 is 0 Å². The molecule has 2 aliphatic rings. The van der Waals surface area contributed by atoms with Crippen molar-refractivity contribution >= 4 is 17.7 Å². The van der Waals surface area contributed by atoms with Crippen LogP contribution in [0.1, 0.15) is 35.8 Å². The van der Waals surface area contributed by atoms with E-state index in [1.54, 1.807) is 7.11 Å². The van der Waals surface area contributed by atoms with Crippen molar-refractivity contribution in [2.24, 2.45) is 5.92 Å². The van der Waals surface area contributed by atoms with Crippen molar-refractivity contribution < 1.29 is 14.3 Å². The summed E-state index contributed by atoms with van der Waals surface area (Å²) in [6.45, 7) is 1.32. The number of rotatable bonds is 6. The largest absolute Gasteiger partial charge is 0.493 e. The van der Waals surface area contributed by atoms with Gasteiger partial charge in [-0.2, -0.15) is 0 Å². The molecule has 27 heavy (non-hydrogen) atoms. The van der Waals surface area contributed by atoms with E-state index in [0.717, 1.165) is 47.8 Å². The summed E-state index contributed by atoms with van der Waals surface area (Å²) in [5, 5.41) is 0.0723. The van der Waals surface area contributed by atoms with Crippen molar-refractivity contribution in [3.63, 3.8) is 0 Å². The second-order valence-corrected chi connectivity index (χ2v) is 8.26. The van der Waals surface area contributed by atoms with Crippen molar-refractivity contribution in [1.29, 1.82) is 0 Å². The Morgan fingerprint density at radius 1 is 1.15 bits per heavy atom. The first-order valence-corrected chi connectivity index (χ1v) is 10.6. The van der Waals surface area contributed by atoms with Crippen molar-refractivity contribution in [1.82, 2.24) is 4.90 Å². The van der Waals surface area contributed by atoms with Gasteiger partial charge in [0.15, 0.2) is 11.5 Å². The van der Waals surface area contributed by atoms with Gasteiger partial charge in [-0.05, 0) is 36.1 Å². The van der Waals surface area contributed by atoms with Gasteiger partial charge < -0.3 is 14.4 Å². The van der Waals surface area contributed by atoms with Crippen LogP contribution >= 0.6 is 11.8 Å². The predicted molar refractivity (Wildman–Crippen MR) is 108 cm³/mol. The zero-order valence-corrected chi connectivity index (χ0v) is 16.4. The molecule has 0 spiro atoms. The molecule has 1 saturated heterocycles. The molecule has 4 rings (SSSR count). The Labute approximate surface area is 164 Å². The van der Waals surface area contributed by atoms with Gasteiger partial charge in [-0.25, -0.2) is 0 Å². The number of hydrogen-bond donors (Lipinski definition) is 0. The average Bonchev–Trinajstić information content (AvgIpc) is 3.15. The number of ether oxygens (including phenoxy) is 2. The van der Waals surface area contributed by atoms with Crippen molar-refractivity contribution in [3.8, 4) is 11.5 Å². The van der Waals surface area contributed by atoms with Gasteiger partial charge in [-0.15, -0.1) is 11.8 Å². The quantitative estimate of drug-likeness (QED) is 0.728. The SMILES string of the molecule is COc1ccc([C@@H]2SCCN2C(=O)C2CCC2)cc1OCc1ccccc1. The molecule has 4 nitrogen and oxygen atoms in total. The number of hydrogen-bond acceptors (Lipinski definition) is 4.